The number of amidine groups is 1. The molecule has 2 aliphatic heterocycles. The number of hydrogen-bond donors (Lipinski definition) is 1. The van der Waals surface area contributed by atoms with Crippen LogP contribution in [-0.4, -0.2) is 65.3 Å². The molecule has 0 bridgehead atoms. The van der Waals surface area contributed by atoms with Crippen LogP contribution in [0.3, 0.4) is 0 Å². The summed E-state index contributed by atoms with van der Waals surface area (Å²) in [5.41, 5.74) is 0. The lowest BCUT2D eigenvalue weighted by molar-refractivity contribution is 0.114. The molecule has 0 aromatic heterocycles. The SMILES string of the molecule is C=CCOC(=O)N1C[C@@H](S)C[C@H]1C1=NCCN1C(C)C. The highest BCUT2D eigenvalue weighted by atomic mass is 32.1. The second-order valence-corrected chi connectivity index (χ2v) is 6.18. The molecule has 0 aliphatic carbocycles. The van der Waals surface area contributed by atoms with E-state index < -0.39 is 0 Å². The monoisotopic (exact) mass is 297 g/mol. The molecular weight excluding hydrogens is 274 g/mol. The van der Waals surface area contributed by atoms with Crippen molar-refractivity contribution in [2.45, 2.75) is 37.6 Å². The molecule has 0 N–H and O–H groups in total. The van der Waals surface area contributed by atoms with Gasteiger partial charge in [-0.15, -0.1) is 0 Å². The van der Waals surface area contributed by atoms with Crippen LogP contribution in [0, 0.1) is 0 Å². The van der Waals surface area contributed by atoms with Crippen LogP contribution in [0.5, 0.6) is 0 Å². The van der Waals surface area contributed by atoms with Crippen LogP contribution in [0.15, 0.2) is 17.6 Å². The van der Waals surface area contributed by atoms with E-state index in [0.29, 0.717) is 12.6 Å². The Hall–Kier alpha value is -1.17. The van der Waals surface area contributed by atoms with Crippen molar-refractivity contribution in [1.29, 1.82) is 0 Å². The molecule has 2 heterocycles. The summed E-state index contributed by atoms with van der Waals surface area (Å²) in [7, 11) is 0. The molecule has 2 rings (SSSR count). The zero-order chi connectivity index (χ0) is 14.7. The van der Waals surface area contributed by atoms with E-state index in [1.54, 1.807) is 11.0 Å². The highest BCUT2D eigenvalue weighted by Gasteiger charge is 2.41. The van der Waals surface area contributed by atoms with Crippen LogP contribution < -0.4 is 0 Å². The number of aliphatic imine (C=N–C) groups is 1. The largest absolute Gasteiger partial charge is 0.445 e. The lowest BCUT2D eigenvalue weighted by Crippen LogP contribution is -2.48. The zero-order valence-electron chi connectivity index (χ0n) is 12.2. The third kappa shape index (κ3) is 3.11. The van der Waals surface area contributed by atoms with Gasteiger partial charge < -0.3 is 9.64 Å². The van der Waals surface area contributed by atoms with Crippen LogP contribution in [0.4, 0.5) is 4.79 Å². The van der Waals surface area contributed by atoms with Crippen LogP contribution in [0.1, 0.15) is 20.3 Å². The smallest absolute Gasteiger partial charge is 0.410 e. The minimum atomic E-state index is -0.301. The molecule has 112 valence electrons. The summed E-state index contributed by atoms with van der Waals surface area (Å²) in [6.07, 6.45) is 2.10. The lowest BCUT2D eigenvalue weighted by atomic mass is 10.1. The maximum Gasteiger partial charge on any atom is 0.410 e. The van der Waals surface area contributed by atoms with Crippen molar-refractivity contribution >= 4 is 24.6 Å². The minimum Gasteiger partial charge on any atom is -0.445 e. The first-order chi connectivity index (χ1) is 9.54. The van der Waals surface area contributed by atoms with E-state index in [-0.39, 0.29) is 24.0 Å². The zero-order valence-corrected chi connectivity index (χ0v) is 13.1. The molecule has 2 aliphatic rings. The van der Waals surface area contributed by atoms with E-state index >= 15 is 0 Å². The third-order valence-corrected chi connectivity index (χ3v) is 4.04. The number of nitrogens with zero attached hydrogens (tertiary/aromatic N) is 3. The summed E-state index contributed by atoms with van der Waals surface area (Å²) < 4.78 is 5.17. The summed E-state index contributed by atoms with van der Waals surface area (Å²) in [6, 6.07) is 0.376. The molecule has 2 atom stereocenters. The van der Waals surface area contributed by atoms with E-state index in [1.807, 2.05) is 0 Å². The molecule has 0 radical (unpaired) electrons. The first-order valence-electron chi connectivity index (χ1n) is 7.08. The van der Waals surface area contributed by atoms with Gasteiger partial charge in [-0.2, -0.15) is 12.6 Å². The van der Waals surface area contributed by atoms with Crippen LogP contribution in [0.25, 0.3) is 0 Å². The second-order valence-electron chi connectivity index (χ2n) is 5.45. The topological polar surface area (TPSA) is 45.1 Å². The van der Waals surface area contributed by atoms with Crippen LogP contribution >= 0.6 is 12.6 Å². The van der Waals surface area contributed by atoms with Crippen LogP contribution in [-0.2, 0) is 4.74 Å². The van der Waals surface area contributed by atoms with Gasteiger partial charge in [0.05, 0.1) is 12.6 Å². The quantitative estimate of drug-likeness (QED) is 0.636. The number of carbonyl (C=O) groups is 1. The minimum absolute atomic E-state index is 0.0142. The number of thiol groups is 1. The Balaban J connectivity index is 2.12. The van der Waals surface area contributed by atoms with E-state index in [9.17, 15) is 4.79 Å². The van der Waals surface area contributed by atoms with Crippen molar-refractivity contribution in [3.63, 3.8) is 0 Å². The normalized spacial score (nSPS) is 26.1. The highest BCUT2D eigenvalue weighted by Crippen LogP contribution is 2.27. The van der Waals surface area contributed by atoms with Gasteiger partial charge in [0.15, 0.2) is 0 Å². The van der Waals surface area contributed by atoms with E-state index in [4.69, 9.17) is 4.74 Å². The summed E-state index contributed by atoms with van der Waals surface area (Å²) in [5, 5.41) is 0.175. The number of hydrogen-bond acceptors (Lipinski definition) is 5. The Morgan fingerprint density at radius 2 is 2.40 bits per heavy atom. The van der Waals surface area contributed by atoms with Crippen LogP contribution in [0.2, 0.25) is 0 Å². The fraction of sp³-hybridized carbons (Fsp3) is 0.714. The van der Waals surface area contributed by atoms with Gasteiger partial charge in [-0.3, -0.25) is 9.89 Å². The maximum absolute atomic E-state index is 12.1. The number of amides is 1. The highest BCUT2D eigenvalue weighted by molar-refractivity contribution is 7.81. The number of carbonyl (C=O) groups excluding carboxylic acids is 1. The van der Waals surface area contributed by atoms with Gasteiger partial charge in [0, 0.05) is 24.4 Å². The Labute approximate surface area is 126 Å². The average Bonchev–Trinajstić information content (AvgIpc) is 3.01. The lowest BCUT2D eigenvalue weighted by Gasteiger charge is -2.31. The first-order valence-corrected chi connectivity index (χ1v) is 7.59. The molecule has 1 saturated heterocycles. The maximum atomic E-state index is 12.1. The van der Waals surface area contributed by atoms with E-state index in [1.165, 1.54) is 0 Å². The Bertz CT molecular complexity index is 411. The molecule has 0 aromatic carbocycles. The predicted molar refractivity (Wildman–Crippen MR) is 83.6 cm³/mol. The molecule has 0 unspecified atom stereocenters. The molecule has 0 aromatic rings. The van der Waals surface area contributed by atoms with Crippen molar-refractivity contribution < 1.29 is 9.53 Å². The summed E-state index contributed by atoms with van der Waals surface area (Å²) in [5.74, 6) is 1.01. The van der Waals surface area contributed by atoms with Gasteiger partial charge in [0.25, 0.3) is 0 Å². The van der Waals surface area contributed by atoms with E-state index in [2.05, 4.69) is 42.9 Å². The Kier molecular flexibility index (Phi) is 4.96. The van der Waals surface area contributed by atoms with E-state index in [0.717, 1.165) is 25.3 Å². The fourth-order valence-electron chi connectivity index (χ4n) is 2.77. The average molecular weight is 297 g/mol. The van der Waals surface area contributed by atoms with Crippen molar-refractivity contribution in [2.24, 2.45) is 4.99 Å². The number of ether oxygens (including phenoxy) is 1. The molecule has 1 fully saturated rings. The third-order valence-electron chi connectivity index (χ3n) is 3.67. The summed E-state index contributed by atoms with van der Waals surface area (Å²) >= 11 is 4.53. The predicted octanol–water partition coefficient (Wildman–Crippen LogP) is 1.80. The second kappa shape index (κ2) is 6.52. The van der Waals surface area contributed by atoms with Gasteiger partial charge in [-0.25, -0.2) is 4.79 Å². The number of rotatable bonds is 4. The van der Waals surface area contributed by atoms with Gasteiger partial charge in [-0.1, -0.05) is 12.7 Å². The van der Waals surface area contributed by atoms with Gasteiger partial charge in [0.2, 0.25) is 0 Å². The van der Waals surface area contributed by atoms with Gasteiger partial charge in [0.1, 0.15) is 12.4 Å². The molecule has 0 spiro atoms. The molecule has 0 saturated carbocycles. The van der Waals surface area contributed by atoms with Crippen molar-refractivity contribution in [3.05, 3.63) is 12.7 Å². The number of likely N-dealkylation sites (tertiary alicyclic amines) is 1. The molecule has 6 heteroatoms. The van der Waals surface area contributed by atoms with Crippen molar-refractivity contribution in [3.8, 4) is 0 Å². The molecular formula is C14H23N3O2S. The fourth-order valence-corrected chi connectivity index (χ4v) is 3.15. The molecule has 20 heavy (non-hydrogen) atoms. The van der Waals surface area contributed by atoms with Gasteiger partial charge >= 0.3 is 6.09 Å². The Morgan fingerprint density at radius 1 is 1.65 bits per heavy atom. The van der Waals surface area contributed by atoms with Gasteiger partial charge in [-0.05, 0) is 20.3 Å². The first kappa shape index (κ1) is 15.2. The Morgan fingerprint density at radius 3 is 3.05 bits per heavy atom. The summed E-state index contributed by atoms with van der Waals surface area (Å²) in [4.78, 5) is 20.8. The molecule has 5 nitrogen and oxygen atoms in total. The van der Waals surface area contributed by atoms with Crippen molar-refractivity contribution in [1.82, 2.24) is 9.80 Å². The standard InChI is InChI=1S/C14H23N3O2S/c1-4-7-19-14(18)17-9-11(20)8-12(17)13-15-5-6-16(13)10(2)3/h4,10-12,20H,1,5-9H2,2-3H3/t11-,12-/m0/s1. The summed E-state index contributed by atoms with van der Waals surface area (Å²) in [6.45, 7) is 10.4. The van der Waals surface area contributed by atoms with Crippen molar-refractivity contribution in [2.75, 3.05) is 26.2 Å². The molecule has 1 amide bonds.